The molecule has 0 atom stereocenters. The van der Waals surface area contributed by atoms with Crippen LogP contribution < -0.4 is 5.73 Å². The Labute approximate surface area is 120 Å². The molecule has 0 bridgehead atoms. The number of hydrogen-bond acceptors (Lipinski definition) is 4. The van der Waals surface area contributed by atoms with Crippen LogP contribution in [-0.4, -0.2) is 30.2 Å². The van der Waals surface area contributed by atoms with E-state index < -0.39 is 10.1 Å². The highest BCUT2D eigenvalue weighted by molar-refractivity contribution is 7.85. The Bertz CT molecular complexity index is 504. The van der Waals surface area contributed by atoms with Crippen molar-refractivity contribution >= 4 is 10.1 Å². The second-order valence-corrected chi connectivity index (χ2v) is 6.79. The van der Waals surface area contributed by atoms with Crippen LogP contribution in [0.15, 0.2) is 29.2 Å². The molecule has 6 heteroatoms. The predicted molar refractivity (Wildman–Crippen MR) is 78.1 cm³/mol. The third-order valence-corrected chi connectivity index (χ3v) is 4.35. The van der Waals surface area contributed by atoms with E-state index in [1.165, 1.54) is 31.4 Å². The third kappa shape index (κ3) is 5.58. The fourth-order valence-corrected chi connectivity index (χ4v) is 2.60. The minimum absolute atomic E-state index is 0.0666. The summed E-state index contributed by atoms with van der Waals surface area (Å²) in [6.07, 6.45) is 5.68. The molecule has 0 radical (unpaired) electrons. The second-order valence-electron chi connectivity index (χ2n) is 5.37. The van der Waals surface area contributed by atoms with Crippen LogP contribution in [0.2, 0.25) is 0 Å². The van der Waals surface area contributed by atoms with Crippen LogP contribution >= 0.6 is 0 Å². The predicted octanol–water partition coefficient (Wildman–Crippen LogP) is 1.88. The first-order valence-electron chi connectivity index (χ1n) is 6.71. The van der Waals surface area contributed by atoms with Gasteiger partial charge in [0, 0.05) is 5.54 Å². The zero-order chi connectivity index (χ0) is 15.2. The maximum absolute atomic E-state index is 10.5. The zero-order valence-corrected chi connectivity index (χ0v) is 12.6. The summed E-state index contributed by atoms with van der Waals surface area (Å²) in [6, 6.07) is 5.99. The maximum atomic E-state index is 10.5. The lowest BCUT2D eigenvalue weighted by molar-refractivity contribution is 0.157. The van der Waals surface area contributed by atoms with Crippen molar-refractivity contribution in [3.8, 4) is 0 Å². The minimum atomic E-state index is -4.02. The van der Waals surface area contributed by atoms with Crippen LogP contribution in [0.3, 0.4) is 0 Å². The molecular weight excluding hydrogens is 278 g/mol. The lowest BCUT2D eigenvalue weighted by Crippen LogP contribution is -2.45. The molecule has 0 aliphatic heterocycles. The molecule has 0 unspecified atom stereocenters. The molecule has 114 valence electrons. The summed E-state index contributed by atoms with van der Waals surface area (Å²) < 4.78 is 29.6. The van der Waals surface area contributed by atoms with Gasteiger partial charge >= 0.3 is 0 Å². The molecule has 0 heterocycles. The Balaban J connectivity index is 0.000000204. The topological polar surface area (TPSA) is 101 Å². The molecule has 1 aliphatic rings. The standard InChI is InChI=1S/C7H15NO.C7H8O3S/c8-7(6-9)4-2-1-3-5-7;1-6-2-4-7(5-3-6)11(8,9)10/h9H,1-6,8H2;2-5H,1H3,(H,8,9,10). The van der Waals surface area contributed by atoms with Crippen molar-refractivity contribution in [1.29, 1.82) is 0 Å². The molecule has 0 spiro atoms. The molecule has 0 amide bonds. The normalized spacial score (nSPS) is 18.0. The van der Waals surface area contributed by atoms with Crippen LogP contribution in [0.5, 0.6) is 0 Å². The summed E-state index contributed by atoms with van der Waals surface area (Å²) in [7, 11) is -4.02. The van der Waals surface area contributed by atoms with Gasteiger partial charge in [-0.2, -0.15) is 8.42 Å². The molecule has 20 heavy (non-hydrogen) atoms. The van der Waals surface area contributed by atoms with E-state index in [1.54, 1.807) is 12.1 Å². The van der Waals surface area contributed by atoms with E-state index in [-0.39, 0.29) is 17.0 Å². The van der Waals surface area contributed by atoms with Gasteiger partial charge in [0.1, 0.15) is 0 Å². The molecule has 0 aromatic heterocycles. The van der Waals surface area contributed by atoms with Crippen molar-refractivity contribution in [3.63, 3.8) is 0 Å². The Morgan fingerprint density at radius 3 is 2.00 bits per heavy atom. The van der Waals surface area contributed by atoms with E-state index in [4.69, 9.17) is 15.4 Å². The number of hydrogen-bond donors (Lipinski definition) is 3. The number of aliphatic hydroxyl groups is 1. The van der Waals surface area contributed by atoms with E-state index >= 15 is 0 Å². The van der Waals surface area contributed by atoms with Crippen molar-refractivity contribution in [1.82, 2.24) is 0 Å². The largest absolute Gasteiger partial charge is 0.394 e. The summed E-state index contributed by atoms with van der Waals surface area (Å²) in [6.45, 7) is 2.00. The first-order chi connectivity index (χ1) is 9.27. The molecule has 1 aliphatic carbocycles. The first kappa shape index (κ1) is 17.1. The van der Waals surface area contributed by atoms with Crippen molar-refractivity contribution in [2.75, 3.05) is 6.61 Å². The van der Waals surface area contributed by atoms with Crippen LogP contribution in [-0.2, 0) is 10.1 Å². The summed E-state index contributed by atoms with van der Waals surface area (Å²) in [5, 5.41) is 8.83. The lowest BCUT2D eigenvalue weighted by Gasteiger charge is -2.30. The fourth-order valence-electron chi connectivity index (χ4n) is 2.12. The number of nitrogens with two attached hydrogens (primary N) is 1. The van der Waals surface area contributed by atoms with Gasteiger partial charge in [0.05, 0.1) is 11.5 Å². The van der Waals surface area contributed by atoms with Crippen LogP contribution in [0.25, 0.3) is 0 Å². The molecular formula is C14H23NO4S. The Kier molecular flexibility index (Phi) is 6.13. The van der Waals surface area contributed by atoms with Crippen LogP contribution in [0.4, 0.5) is 0 Å². The van der Waals surface area contributed by atoms with Gasteiger partial charge in [-0.15, -0.1) is 0 Å². The molecule has 2 rings (SSSR count). The van der Waals surface area contributed by atoms with Crippen LogP contribution in [0.1, 0.15) is 37.7 Å². The van der Waals surface area contributed by atoms with E-state index in [2.05, 4.69) is 0 Å². The monoisotopic (exact) mass is 301 g/mol. The van der Waals surface area contributed by atoms with Crippen LogP contribution in [0, 0.1) is 6.92 Å². The molecule has 0 saturated heterocycles. The molecule has 1 saturated carbocycles. The van der Waals surface area contributed by atoms with Gasteiger partial charge in [0.15, 0.2) is 0 Å². The number of rotatable bonds is 2. The third-order valence-electron chi connectivity index (χ3n) is 3.48. The van der Waals surface area contributed by atoms with E-state index in [0.29, 0.717) is 0 Å². The molecule has 1 fully saturated rings. The minimum Gasteiger partial charge on any atom is -0.394 e. The van der Waals surface area contributed by atoms with Gasteiger partial charge in [0.25, 0.3) is 10.1 Å². The van der Waals surface area contributed by atoms with Crippen molar-refractivity contribution in [3.05, 3.63) is 29.8 Å². The van der Waals surface area contributed by atoms with Gasteiger partial charge in [-0.05, 0) is 31.9 Å². The average Bonchev–Trinajstić information content (AvgIpc) is 2.40. The van der Waals surface area contributed by atoms with E-state index in [9.17, 15) is 8.42 Å². The van der Waals surface area contributed by atoms with Gasteiger partial charge < -0.3 is 10.8 Å². The average molecular weight is 301 g/mol. The highest BCUT2D eigenvalue weighted by Crippen LogP contribution is 2.24. The summed E-state index contributed by atoms with van der Waals surface area (Å²) in [4.78, 5) is -0.0666. The summed E-state index contributed by atoms with van der Waals surface area (Å²) in [5.41, 5.74) is 6.54. The SMILES string of the molecule is Cc1ccc(S(=O)(=O)O)cc1.NC1(CO)CCCCC1. The fraction of sp³-hybridized carbons (Fsp3) is 0.571. The summed E-state index contributed by atoms with van der Waals surface area (Å²) in [5.74, 6) is 0. The number of benzene rings is 1. The van der Waals surface area contributed by atoms with E-state index in [0.717, 1.165) is 18.4 Å². The van der Waals surface area contributed by atoms with Crippen molar-refractivity contribution in [2.45, 2.75) is 49.5 Å². The number of aryl methyl sites for hydroxylation is 1. The maximum Gasteiger partial charge on any atom is 0.294 e. The second kappa shape index (κ2) is 7.17. The Morgan fingerprint density at radius 1 is 1.15 bits per heavy atom. The highest BCUT2D eigenvalue weighted by Gasteiger charge is 2.25. The smallest absolute Gasteiger partial charge is 0.294 e. The quantitative estimate of drug-likeness (QED) is 0.724. The van der Waals surface area contributed by atoms with Gasteiger partial charge in [-0.25, -0.2) is 0 Å². The zero-order valence-electron chi connectivity index (χ0n) is 11.7. The van der Waals surface area contributed by atoms with E-state index in [1.807, 2.05) is 6.92 Å². The van der Waals surface area contributed by atoms with Gasteiger partial charge in [-0.3, -0.25) is 4.55 Å². The Morgan fingerprint density at radius 2 is 1.65 bits per heavy atom. The van der Waals surface area contributed by atoms with Gasteiger partial charge in [-0.1, -0.05) is 37.0 Å². The van der Waals surface area contributed by atoms with Crippen molar-refractivity contribution < 1.29 is 18.1 Å². The van der Waals surface area contributed by atoms with Crippen molar-refractivity contribution in [2.24, 2.45) is 5.73 Å². The molecule has 5 nitrogen and oxygen atoms in total. The lowest BCUT2D eigenvalue weighted by atomic mass is 9.83. The Hall–Kier alpha value is -0.950. The molecule has 1 aromatic carbocycles. The molecule has 1 aromatic rings. The molecule has 4 N–H and O–H groups in total. The summed E-state index contributed by atoms with van der Waals surface area (Å²) >= 11 is 0. The highest BCUT2D eigenvalue weighted by atomic mass is 32.2. The van der Waals surface area contributed by atoms with Gasteiger partial charge in [0.2, 0.25) is 0 Å². The first-order valence-corrected chi connectivity index (χ1v) is 8.15. The number of aliphatic hydroxyl groups excluding tert-OH is 1.